The van der Waals surface area contributed by atoms with Crippen molar-refractivity contribution in [3.05, 3.63) is 48.3 Å². The van der Waals surface area contributed by atoms with Crippen LogP contribution in [0.1, 0.15) is 24.9 Å². The van der Waals surface area contributed by atoms with Crippen molar-refractivity contribution in [3.63, 3.8) is 0 Å². The first kappa shape index (κ1) is 15.1. The van der Waals surface area contributed by atoms with Crippen LogP contribution >= 0.6 is 0 Å². The minimum Gasteiger partial charge on any atom is -0.323 e. The molecule has 0 bridgehead atoms. The Morgan fingerprint density at radius 1 is 1.29 bits per heavy atom. The quantitative estimate of drug-likeness (QED) is 0.937. The van der Waals surface area contributed by atoms with Crippen molar-refractivity contribution >= 4 is 11.7 Å². The molecule has 5 nitrogen and oxygen atoms in total. The lowest BCUT2D eigenvalue weighted by Gasteiger charge is -2.39. The molecule has 1 unspecified atom stereocenters. The molecule has 126 valence electrons. The maximum absolute atomic E-state index is 13.2. The van der Waals surface area contributed by atoms with E-state index in [2.05, 4.69) is 10.4 Å². The fraction of sp³-hybridized carbons (Fsp3) is 0.412. The van der Waals surface area contributed by atoms with Crippen LogP contribution in [0.5, 0.6) is 0 Å². The predicted octanol–water partition coefficient (Wildman–Crippen LogP) is 3.37. The van der Waals surface area contributed by atoms with Gasteiger partial charge in [-0.1, -0.05) is 30.3 Å². The molecule has 24 heavy (non-hydrogen) atoms. The van der Waals surface area contributed by atoms with Gasteiger partial charge in [-0.15, -0.1) is 0 Å². The number of hydrogen-bond donors (Lipinski definition) is 1. The molecule has 1 saturated heterocycles. The zero-order valence-corrected chi connectivity index (χ0v) is 13.2. The Labute approximate surface area is 138 Å². The number of halogens is 2. The SMILES string of the molecule is CC(c1ccccc1)n1cc(NC(=O)N2CC3(C2)CC3(F)F)cn1. The van der Waals surface area contributed by atoms with Gasteiger partial charge in [-0.3, -0.25) is 4.68 Å². The minimum absolute atomic E-state index is 0.0364. The number of nitrogens with one attached hydrogen (secondary N) is 1. The van der Waals surface area contributed by atoms with Crippen LogP contribution in [0, 0.1) is 5.41 Å². The molecule has 2 fully saturated rings. The molecular formula is C17H18F2N4O. The van der Waals surface area contributed by atoms with Gasteiger partial charge in [0.2, 0.25) is 0 Å². The number of benzene rings is 1. The van der Waals surface area contributed by atoms with E-state index in [1.165, 1.54) is 4.90 Å². The summed E-state index contributed by atoms with van der Waals surface area (Å²) in [5, 5.41) is 7.00. The summed E-state index contributed by atoms with van der Waals surface area (Å²) >= 11 is 0. The van der Waals surface area contributed by atoms with Crippen LogP contribution < -0.4 is 5.32 Å². The Bertz CT molecular complexity index is 768. The first-order valence-corrected chi connectivity index (χ1v) is 7.93. The van der Waals surface area contributed by atoms with Crippen molar-refractivity contribution in [3.8, 4) is 0 Å². The van der Waals surface area contributed by atoms with Crippen LogP contribution in [0.2, 0.25) is 0 Å². The Kier molecular flexibility index (Phi) is 3.16. The van der Waals surface area contributed by atoms with E-state index in [9.17, 15) is 13.6 Å². The summed E-state index contributed by atoms with van der Waals surface area (Å²) in [4.78, 5) is 13.5. The highest BCUT2D eigenvalue weighted by molar-refractivity contribution is 5.89. The van der Waals surface area contributed by atoms with Gasteiger partial charge in [-0.2, -0.15) is 5.10 Å². The zero-order valence-electron chi connectivity index (χ0n) is 13.2. The average molecular weight is 332 g/mol. The zero-order chi connectivity index (χ0) is 16.9. The Morgan fingerprint density at radius 3 is 2.58 bits per heavy atom. The van der Waals surface area contributed by atoms with E-state index in [1.54, 1.807) is 17.1 Å². The highest BCUT2D eigenvalue weighted by atomic mass is 19.3. The number of rotatable bonds is 3. The predicted molar refractivity (Wildman–Crippen MR) is 85.1 cm³/mol. The van der Waals surface area contributed by atoms with Crippen LogP contribution in [-0.2, 0) is 0 Å². The number of anilines is 1. The molecule has 0 radical (unpaired) electrons. The monoisotopic (exact) mass is 332 g/mol. The number of alkyl halides is 2. The normalized spacial score (nSPS) is 21.2. The lowest BCUT2D eigenvalue weighted by atomic mass is 9.96. The van der Waals surface area contributed by atoms with E-state index in [1.807, 2.05) is 37.3 Å². The van der Waals surface area contributed by atoms with E-state index in [4.69, 9.17) is 0 Å². The van der Waals surface area contributed by atoms with Crippen molar-refractivity contribution in [2.24, 2.45) is 5.41 Å². The third-order valence-corrected chi connectivity index (χ3v) is 5.02. The van der Waals surface area contributed by atoms with Crippen LogP contribution in [-0.4, -0.2) is 39.7 Å². The molecule has 1 aromatic carbocycles. The molecule has 1 spiro atoms. The summed E-state index contributed by atoms with van der Waals surface area (Å²) in [6, 6.07) is 9.59. The van der Waals surface area contributed by atoms with E-state index >= 15 is 0 Å². The summed E-state index contributed by atoms with van der Waals surface area (Å²) in [7, 11) is 0. The molecule has 2 amide bonds. The second-order valence-corrected chi connectivity index (χ2v) is 6.74. The summed E-state index contributed by atoms with van der Waals surface area (Å²) in [6.45, 7) is 2.27. The highest BCUT2D eigenvalue weighted by Crippen LogP contribution is 2.65. The van der Waals surface area contributed by atoms with Crippen molar-refractivity contribution < 1.29 is 13.6 Å². The number of aromatic nitrogens is 2. The molecule has 2 heterocycles. The van der Waals surface area contributed by atoms with Crippen molar-refractivity contribution in [2.75, 3.05) is 18.4 Å². The fourth-order valence-corrected chi connectivity index (χ4v) is 3.25. The molecular weight excluding hydrogens is 314 g/mol. The van der Waals surface area contributed by atoms with Gasteiger partial charge in [0.25, 0.3) is 5.92 Å². The largest absolute Gasteiger partial charge is 0.323 e. The average Bonchev–Trinajstić information content (AvgIpc) is 2.88. The van der Waals surface area contributed by atoms with Crippen LogP contribution in [0.3, 0.4) is 0 Å². The Morgan fingerprint density at radius 2 is 1.96 bits per heavy atom. The summed E-state index contributed by atoms with van der Waals surface area (Å²) in [5.74, 6) is -2.60. The van der Waals surface area contributed by atoms with Gasteiger partial charge in [-0.05, 0) is 12.5 Å². The molecule has 2 aliphatic rings. The van der Waals surface area contributed by atoms with Crippen molar-refractivity contribution in [1.82, 2.24) is 14.7 Å². The minimum atomic E-state index is -2.60. The number of amides is 2. The van der Waals surface area contributed by atoms with Gasteiger partial charge in [0.15, 0.2) is 0 Å². The first-order chi connectivity index (χ1) is 11.4. The molecule has 7 heteroatoms. The van der Waals surface area contributed by atoms with Gasteiger partial charge in [-0.25, -0.2) is 13.6 Å². The first-order valence-electron chi connectivity index (χ1n) is 7.93. The lowest BCUT2D eigenvalue weighted by molar-refractivity contribution is -0.00258. The smallest absolute Gasteiger partial charge is 0.321 e. The molecule has 1 aromatic heterocycles. The van der Waals surface area contributed by atoms with E-state index in [-0.39, 0.29) is 31.6 Å². The molecule has 1 saturated carbocycles. The number of carbonyl (C=O) groups is 1. The third-order valence-electron chi connectivity index (χ3n) is 5.02. The Balaban J connectivity index is 1.37. The van der Waals surface area contributed by atoms with E-state index in [0.29, 0.717) is 5.69 Å². The number of carbonyl (C=O) groups excluding carboxylic acids is 1. The molecule has 1 N–H and O–H groups in total. The van der Waals surface area contributed by atoms with Crippen LogP contribution in [0.15, 0.2) is 42.7 Å². The number of likely N-dealkylation sites (tertiary alicyclic amines) is 1. The van der Waals surface area contributed by atoms with Gasteiger partial charge in [0.05, 0.1) is 23.3 Å². The highest BCUT2D eigenvalue weighted by Gasteiger charge is 2.76. The number of hydrogen-bond acceptors (Lipinski definition) is 2. The van der Waals surface area contributed by atoms with Crippen LogP contribution in [0.25, 0.3) is 0 Å². The second-order valence-electron chi connectivity index (χ2n) is 6.74. The molecule has 1 aliphatic heterocycles. The summed E-state index contributed by atoms with van der Waals surface area (Å²) in [6.07, 6.45) is 3.21. The molecule has 1 aliphatic carbocycles. The molecule has 2 aromatic rings. The maximum Gasteiger partial charge on any atom is 0.321 e. The Hall–Kier alpha value is -2.44. The fourth-order valence-electron chi connectivity index (χ4n) is 3.25. The maximum atomic E-state index is 13.2. The van der Waals surface area contributed by atoms with Gasteiger partial charge < -0.3 is 10.2 Å². The van der Waals surface area contributed by atoms with Crippen molar-refractivity contribution in [1.29, 1.82) is 0 Å². The molecule has 4 rings (SSSR count). The topological polar surface area (TPSA) is 50.2 Å². The second kappa shape index (κ2) is 5.03. The van der Waals surface area contributed by atoms with Gasteiger partial charge >= 0.3 is 6.03 Å². The van der Waals surface area contributed by atoms with Gasteiger partial charge in [0.1, 0.15) is 0 Å². The number of urea groups is 1. The molecule has 1 atom stereocenters. The van der Waals surface area contributed by atoms with Gasteiger partial charge in [0, 0.05) is 25.7 Å². The van der Waals surface area contributed by atoms with E-state index < -0.39 is 11.3 Å². The summed E-state index contributed by atoms with van der Waals surface area (Å²) in [5.41, 5.74) is 0.724. The number of nitrogens with zero attached hydrogens (tertiary/aromatic N) is 3. The van der Waals surface area contributed by atoms with E-state index in [0.717, 1.165) is 5.56 Å². The van der Waals surface area contributed by atoms with Crippen molar-refractivity contribution in [2.45, 2.75) is 25.3 Å². The summed E-state index contributed by atoms with van der Waals surface area (Å²) < 4.78 is 28.1. The standard InChI is InChI=1S/C17H18F2N4O/c1-12(13-5-3-2-4-6-13)23-8-14(7-20-23)21-15(24)22-10-16(11-22)9-17(16,18)19/h2-8,12H,9-11H2,1H3,(H,21,24). The third kappa shape index (κ3) is 2.35. The lowest BCUT2D eigenvalue weighted by Crippen LogP contribution is -2.55. The van der Waals surface area contributed by atoms with Crippen LogP contribution in [0.4, 0.5) is 19.3 Å².